The minimum Gasteiger partial charge on any atom is -0.347 e. The Kier molecular flexibility index (Phi) is 4.83. The molecule has 2 heterocycles. The molecule has 0 radical (unpaired) electrons. The molecule has 0 saturated carbocycles. The summed E-state index contributed by atoms with van der Waals surface area (Å²) in [4.78, 5) is 17.4. The highest BCUT2D eigenvalue weighted by Gasteiger charge is 2.15. The van der Waals surface area contributed by atoms with E-state index in [-0.39, 0.29) is 18.4 Å². The van der Waals surface area contributed by atoms with E-state index in [1.54, 1.807) is 11.3 Å². The van der Waals surface area contributed by atoms with Crippen molar-refractivity contribution in [3.05, 3.63) is 59.3 Å². The SMILES string of the molecule is CC(Cc1ccccc1)C(=O)NCc1nc(-c2cccs2)no1. The highest BCUT2D eigenvalue weighted by molar-refractivity contribution is 7.13. The van der Waals surface area contributed by atoms with Gasteiger partial charge in [-0.15, -0.1) is 11.3 Å². The van der Waals surface area contributed by atoms with Crippen LogP contribution in [-0.2, 0) is 17.8 Å². The van der Waals surface area contributed by atoms with Crippen LogP contribution in [0.15, 0.2) is 52.4 Å². The molecular formula is C17H17N3O2S. The quantitative estimate of drug-likeness (QED) is 0.754. The molecule has 2 aromatic heterocycles. The van der Waals surface area contributed by atoms with Crippen LogP contribution in [0.3, 0.4) is 0 Å². The van der Waals surface area contributed by atoms with E-state index in [4.69, 9.17) is 4.52 Å². The van der Waals surface area contributed by atoms with Crippen LogP contribution >= 0.6 is 11.3 Å². The van der Waals surface area contributed by atoms with Crippen LogP contribution in [0.25, 0.3) is 10.7 Å². The molecule has 1 amide bonds. The third-order valence-corrected chi connectivity index (χ3v) is 4.32. The average molecular weight is 327 g/mol. The Bertz CT molecular complexity index is 753. The normalized spacial score (nSPS) is 12.0. The number of aromatic nitrogens is 2. The molecule has 118 valence electrons. The van der Waals surface area contributed by atoms with Crippen molar-refractivity contribution in [2.75, 3.05) is 0 Å². The van der Waals surface area contributed by atoms with Gasteiger partial charge in [0, 0.05) is 5.92 Å². The molecule has 6 heteroatoms. The van der Waals surface area contributed by atoms with Gasteiger partial charge in [-0.3, -0.25) is 4.79 Å². The molecule has 1 N–H and O–H groups in total. The van der Waals surface area contributed by atoms with E-state index in [9.17, 15) is 4.79 Å². The van der Waals surface area contributed by atoms with Gasteiger partial charge in [-0.05, 0) is 23.4 Å². The lowest BCUT2D eigenvalue weighted by molar-refractivity contribution is -0.124. The van der Waals surface area contributed by atoms with E-state index >= 15 is 0 Å². The summed E-state index contributed by atoms with van der Waals surface area (Å²) in [5.41, 5.74) is 1.15. The zero-order chi connectivity index (χ0) is 16.1. The Labute approximate surface area is 138 Å². The van der Waals surface area contributed by atoms with Gasteiger partial charge >= 0.3 is 0 Å². The van der Waals surface area contributed by atoms with Crippen molar-refractivity contribution < 1.29 is 9.32 Å². The Hall–Kier alpha value is -2.47. The fraction of sp³-hybridized carbons (Fsp3) is 0.235. The topological polar surface area (TPSA) is 68.0 Å². The first kappa shape index (κ1) is 15.4. The van der Waals surface area contributed by atoms with E-state index < -0.39 is 0 Å². The van der Waals surface area contributed by atoms with E-state index in [0.29, 0.717) is 18.1 Å². The third kappa shape index (κ3) is 4.04. The fourth-order valence-electron chi connectivity index (χ4n) is 2.23. The maximum absolute atomic E-state index is 12.2. The van der Waals surface area contributed by atoms with Gasteiger partial charge in [0.05, 0.1) is 11.4 Å². The molecule has 0 fully saturated rings. The van der Waals surface area contributed by atoms with Crippen LogP contribution < -0.4 is 5.32 Å². The summed E-state index contributed by atoms with van der Waals surface area (Å²) in [6.45, 7) is 2.16. The van der Waals surface area contributed by atoms with Crippen LogP contribution in [0.1, 0.15) is 18.4 Å². The number of carbonyl (C=O) groups is 1. The Morgan fingerprint density at radius 3 is 2.83 bits per heavy atom. The predicted octanol–water partition coefficient (Wildman–Crippen LogP) is 3.29. The largest absolute Gasteiger partial charge is 0.347 e. The van der Waals surface area contributed by atoms with Crippen molar-refractivity contribution in [2.24, 2.45) is 5.92 Å². The summed E-state index contributed by atoms with van der Waals surface area (Å²) in [7, 11) is 0. The minimum atomic E-state index is -0.114. The first-order chi connectivity index (χ1) is 11.2. The molecule has 23 heavy (non-hydrogen) atoms. The zero-order valence-electron chi connectivity index (χ0n) is 12.7. The molecule has 1 atom stereocenters. The number of carbonyl (C=O) groups excluding carboxylic acids is 1. The first-order valence-corrected chi connectivity index (χ1v) is 8.28. The van der Waals surface area contributed by atoms with E-state index in [1.165, 1.54) is 0 Å². The third-order valence-electron chi connectivity index (χ3n) is 3.46. The van der Waals surface area contributed by atoms with Crippen molar-refractivity contribution in [1.82, 2.24) is 15.5 Å². The maximum Gasteiger partial charge on any atom is 0.246 e. The van der Waals surface area contributed by atoms with Crippen molar-refractivity contribution in [2.45, 2.75) is 19.9 Å². The highest BCUT2D eigenvalue weighted by Crippen LogP contribution is 2.21. The second kappa shape index (κ2) is 7.19. The molecule has 0 aliphatic heterocycles. The van der Waals surface area contributed by atoms with Gasteiger partial charge in [-0.25, -0.2) is 0 Å². The number of nitrogens with one attached hydrogen (secondary N) is 1. The lowest BCUT2D eigenvalue weighted by Gasteiger charge is -2.10. The van der Waals surface area contributed by atoms with Gasteiger partial charge in [0.25, 0.3) is 0 Å². The average Bonchev–Trinajstić information content (AvgIpc) is 3.24. The summed E-state index contributed by atoms with van der Waals surface area (Å²) in [6, 6.07) is 13.8. The Morgan fingerprint density at radius 1 is 1.26 bits per heavy atom. The second-order valence-corrected chi connectivity index (χ2v) is 6.25. The molecule has 0 aliphatic rings. The molecule has 3 aromatic rings. The van der Waals surface area contributed by atoms with Gasteiger partial charge in [0.1, 0.15) is 0 Å². The van der Waals surface area contributed by atoms with Crippen LogP contribution in [0.5, 0.6) is 0 Å². The molecule has 1 unspecified atom stereocenters. The monoisotopic (exact) mass is 327 g/mol. The van der Waals surface area contributed by atoms with Crippen LogP contribution in [0.4, 0.5) is 0 Å². The zero-order valence-corrected chi connectivity index (χ0v) is 13.5. The van der Waals surface area contributed by atoms with Crippen LogP contribution in [0.2, 0.25) is 0 Å². The van der Waals surface area contributed by atoms with Gasteiger partial charge in [0.15, 0.2) is 0 Å². The molecule has 5 nitrogen and oxygen atoms in total. The number of hydrogen-bond donors (Lipinski definition) is 1. The Balaban J connectivity index is 1.52. The van der Waals surface area contributed by atoms with E-state index in [1.807, 2.05) is 54.8 Å². The van der Waals surface area contributed by atoms with E-state index in [2.05, 4.69) is 15.5 Å². The molecule has 0 aliphatic carbocycles. The van der Waals surface area contributed by atoms with Gasteiger partial charge in [0.2, 0.25) is 17.6 Å². The summed E-state index contributed by atoms with van der Waals surface area (Å²) in [5.74, 6) is 0.831. The smallest absolute Gasteiger partial charge is 0.246 e. The van der Waals surface area contributed by atoms with Gasteiger partial charge < -0.3 is 9.84 Å². The number of nitrogens with zero attached hydrogens (tertiary/aromatic N) is 2. The molecular weight excluding hydrogens is 310 g/mol. The van der Waals surface area contributed by atoms with Crippen molar-refractivity contribution >= 4 is 17.2 Å². The summed E-state index contributed by atoms with van der Waals surface area (Å²) in [6.07, 6.45) is 0.705. The highest BCUT2D eigenvalue weighted by atomic mass is 32.1. The van der Waals surface area contributed by atoms with Crippen LogP contribution in [-0.4, -0.2) is 16.0 Å². The van der Waals surface area contributed by atoms with Crippen molar-refractivity contribution in [3.63, 3.8) is 0 Å². The summed E-state index contributed by atoms with van der Waals surface area (Å²) in [5, 5.41) is 8.72. The molecule has 0 spiro atoms. The number of amides is 1. The number of benzene rings is 1. The first-order valence-electron chi connectivity index (χ1n) is 7.40. The lowest BCUT2D eigenvalue weighted by atomic mass is 10.0. The Morgan fingerprint density at radius 2 is 2.09 bits per heavy atom. The number of rotatable bonds is 6. The molecule has 3 rings (SSSR count). The molecule has 0 bridgehead atoms. The summed E-state index contributed by atoms with van der Waals surface area (Å²) < 4.78 is 5.17. The maximum atomic E-state index is 12.2. The number of thiophene rings is 1. The molecule has 1 aromatic carbocycles. The second-order valence-electron chi connectivity index (χ2n) is 5.30. The number of hydrogen-bond acceptors (Lipinski definition) is 5. The van der Waals surface area contributed by atoms with Crippen LogP contribution in [0, 0.1) is 5.92 Å². The summed E-state index contributed by atoms with van der Waals surface area (Å²) >= 11 is 1.55. The van der Waals surface area contributed by atoms with Gasteiger partial charge in [-0.1, -0.05) is 48.5 Å². The van der Waals surface area contributed by atoms with Gasteiger partial charge in [-0.2, -0.15) is 4.98 Å². The minimum absolute atomic E-state index is 0.0234. The van der Waals surface area contributed by atoms with Crippen molar-refractivity contribution in [3.8, 4) is 10.7 Å². The fourth-order valence-corrected chi connectivity index (χ4v) is 2.88. The molecule has 0 saturated heterocycles. The van der Waals surface area contributed by atoms with E-state index in [0.717, 1.165) is 10.4 Å². The lowest BCUT2D eigenvalue weighted by Crippen LogP contribution is -2.29. The van der Waals surface area contributed by atoms with Crippen molar-refractivity contribution in [1.29, 1.82) is 0 Å². The standard InChI is InChI=1S/C17H17N3O2S/c1-12(10-13-6-3-2-4-7-13)17(21)18-11-15-19-16(20-22-15)14-8-5-9-23-14/h2-9,12H,10-11H2,1H3,(H,18,21). The predicted molar refractivity (Wildman–Crippen MR) is 88.8 cm³/mol.